The SMILES string of the molecule is COc1cn(-c2cccc(C(F)(F)F)c2)nc1C(=O)N(C(C)C)C1CCCC1. The Balaban J connectivity index is 1.97. The van der Waals surface area contributed by atoms with Gasteiger partial charge in [0.15, 0.2) is 11.4 Å². The Morgan fingerprint density at radius 1 is 1.29 bits per heavy atom. The number of amides is 1. The van der Waals surface area contributed by atoms with E-state index in [9.17, 15) is 18.0 Å². The Morgan fingerprint density at radius 3 is 2.54 bits per heavy atom. The summed E-state index contributed by atoms with van der Waals surface area (Å²) in [5.41, 5.74) is -0.452. The zero-order valence-electron chi connectivity index (χ0n) is 16.2. The highest BCUT2D eigenvalue weighted by Gasteiger charge is 2.33. The van der Waals surface area contributed by atoms with E-state index in [0.29, 0.717) is 0 Å². The predicted molar refractivity (Wildman–Crippen MR) is 98.7 cm³/mol. The lowest BCUT2D eigenvalue weighted by molar-refractivity contribution is -0.137. The summed E-state index contributed by atoms with van der Waals surface area (Å²) in [7, 11) is 1.42. The van der Waals surface area contributed by atoms with Crippen molar-refractivity contribution in [3.05, 3.63) is 41.7 Å². The van der Waals surface area contributed by atoms with Gasteiger partial charge in [0.25, 0.3) is 5.91 Å². The number of aromatic nitrogens is 2. The number of alkyl halides is 3. The molecule has 1 heterocycles. The van der Waals surface area contributed by atoms with Crippen LogP contribution in [-0.2, 0) is 6.18 Å². The molecule has 1 saturated carbocycles. The number of rotatable bonds is 5. The molecule has 0 aliphatic heterocycles. The summed E-state index contributed by atoms with van der Waals surface area (Å²) in [6.45, 7) is 3.90. The van der Waals surface area contributed by atoms with E-state index < -0.39 is 11.7 Å². The summed E-state index contributed by atoms with van der Waals surface area (Å²) in [6.07, 6.45) is 1.04. The number of halogens is 3. The molecule has 152 valence electrons. The van der Waals surface area contributed by atoms with Crippen LogP contribution >= 0.6 is 0 Å². The second-order valence-corrected chi connectivity index (χ2v) is 7.28. The molecule has 0 radical (unpaired) electrons. The summed E-state index contributed by atoms with van der Waals surface area (Å²) >= 11 is 0. The highest BCUT2D eigenvalue weighted by Crippen LogP contribution is 2.32. The number of nitrogens with zero attached hydrogens (tertiary/aromatic N) is 3. The minimum Gasteiger partial charge on any atom is -0.493 e. The highest BCUT2D eigenvalue weighted by molar-refractivity contribution is 5.95. The molecule has 1 aromatic heterocycles. The van der Waals surface area contributed by atoms with Crippen LogP contribution in [0.2, 0.25) is 0 Å². The van der Waals surface area contributed by atoms with E-state index in [2.05, 4.69) is 5.10 Å². The van der Waals surface area contributed by atoms with Crippen LogP contribution in [0, 0.1) is 0 Å². The average molecular weight is 395 g/mol. The zero-order chi connectivity index (χ0) is 20.5. The fourth-order valence-corrected chi connectivity index (χ4v) is 3.74. The van der Waals surface area contributed by atoms with Crippen LogP contribution in [0.3, 0.4) is 0 Å². The third kappa shape index (κ3) is 4.00. The molecule has 0 unspecified atom stereocenters. The summed E-state index contributed by atoms with van der Waals surface area (Å²) in [5.74, 6) is -0.0180. The molecule has 2 aromatic rings. The highest BCUT2D eigenvalue weighted by atomic mass is 19.4. The van der Waals surface area contributed by atoms with Crippen LogP contribution in [0.1, 0.15) is 55.6 Å². The number of carbonyl (C=O) groups excluding carboxylic acids is 1. The lowest BCUT2D eigenvalue weighted by Crippen LogP contribution is -2.44. The van der Waals surface area contributed by atoms with Gasteiger partial charge in [-0.25, -0.2) is 4.68 Å². The van der Waals surface area contributed by atoms with Gasteiger partial charge in [0.1, 0.15) is 0 Å². The minimum atomic E-state index is -4.46. The molecule has 0 bridgehead atoms. The first-order chi connectivity index (χ1) is 13.2. The monoisotopic (exact) mass is 395 g/mol. The molecule has 1 aliphatic carbocycles. The van der Waals surface area contributed by atoms with Gasteiger partial charge in [0.2, 0.25) is 0 Å². The minimum absolute atomic E-state index is 0.0148. The Morgan fingerprint density at radius 2 is 1.96 bits per heavy atom. The molecule has 1 aromatic carbocycles. The van der Waals surface area contributed by atoms with Crippen molar-refractivity contribution >= 4 is 5.91 Å². The molecule has 1 aliphatic rings. The van der Waals surface area contributed by atoms with Gasteiger partial charge in [-0.2, -0.15) is 18.3 Å². The van der Waals surface area contributed by atoms with E-state index in [-0.39, 0.29) is 35.1 Å². The van der Waals surface area contributed by atoms with E-state index in [1.54, 1.807) is 0 Å². The van der Waals surface area contributed by atoms with Crippen molar-refractivity contribution in [2.75, 3.05) is 7.11 Å². The quantitative estimate of drug-likeness (QED) is 0.738. The Hall–Kier alpha value is -2.51. The summed E-state index contributed by atoms with van der Waals surface area (Å²) in [4.78, 5) is 15.0. The average Bonchev–Trinajstić information content (AvgIpc) is 3.30. The predicted octanol–water partition coefficient (Wildman–Crippen LogP) is 4.69. The van der Waals surface area contributed by atoms with Crippen molar-refractivity contribution < 1.29 is 22.7 Å². The first-order valence-corrected chi connectivity index (χ1v) is 9.36. The normalized spacial score (nSPS) is 15.2. The van der Waals surface area contributed by atoms with Gasteiger partial charge in [-0.05, 0) is 44.9 Å². The van der Waals surface area contributed by atoms with Crippen LogP contribution in [0.4, 0.5) is 13.2 Å². The number of hydrogen-bond donors (Lipinski definition) is 0. The largest absolute Gasteiger partial charge is 0.493 e. The van der Waals surface area contributed by atoms with Gasteiger partial charge >= 0.3 is 6.18 Å². The fourth-order valence-electron chi connectivity index (χ4n) is 3.74. The first-order valence-electron chi connectivity index (χ1n) is 9.36. The molecule has 1 fully saturated rings. The molecule has 28 heavy (non-hydrogen) atoms. The molecule has 5 nitrogen and oxygen atoms in total. The topological polar surface area (TPSA) is 47.4 Å². The maximum Gasteiger partial charge on any atom is 0.416 e. The summed E-state index contributed by atoms with van der Waals surface area (Å²) < 4.78 is 45.6. The molecule has 0 saturated heterocycles. The van der Waals surface area contributed by atoms with Crippen molar-refractivity contribution in [2.45, 2.75) is 57.8 Å². The van der Waals surface area contributed by atoms with E-state index >= 15 is 0 Å². The third-order valence-electron chi connectivity index (χ3n) is 5.05. The van der Waals surface area contributed by atoms with Gasteiger partial charge in [-0.1, -0.05) is 18.9 Å². The van der Waals surface area contributed by atoms with Gasteiger partial charge in [-0.15, -0.1) is 0 Å². The van der Waals surface area contributed by atoms with E-state index in [4.69, 9.17) is 4.74 Å². The van der Waals surface area contributed by atoms with Crippen molar-refractivity contribution in [1.82, 2.24) is 14.7 Å². The van der Waals surface area contributed by atoms with Gasteiger partial charge in [0.05, 0.1) is 24.6 Å². The van der Waals surface area contributed by atoms with Crippen LogP contribution in [0.15, 0.2) is 30.5 Å². The second kappa shape index (κ2) is 7.85. The first kappa shape index (κ1) is 20.2. The lowest BCUT2D eigenvalue weighted by atomic mass is 10.1. The summed E-state index contributed by atoms with van der Waals surface area (Å²) in [5, 5.41) is 4.28. The molecule has 8 heteroatoms. The number of carbonyl (C=O) groups is 1. The molecule has 0 atom stereocenters. The number of benzene rings is 1. The van der Waals surface area contributed by atoms with Crippen molar-refractivity contribution in [1.29, 1.82) is 0 Å². The molecular formula is C20H24F3N3O2. The second-order valence-electron chi connectivity index (χ2n) is 7.28. The number of ether oxygens (including phenoxy) is 1. The molecule has 0 N–H and O–H groups in total. The van der Waals surface area contributed by atoms with Crippen LogP contribution < -0.4 is 4.74 Å². The van der Waals surface area contributed by atoms with Gasteiger partial charge in [-0.3, -0.25) is 4.79 Å². The van der Waals surface area contributed by atoms with E-state index in [0.717, 1.165) is 37.8 Å². The van der Waals surface area contributed by atoms with Crippen molar-refractivity contribution in [3.8, 4) is 11.4 Å². The molecule has 1 amide bonds. The third-order valence-corrected chi connectivity index (χ3v) is 5.05. The lowest BCUT2D eigenvalue weighted by Gasteiger charge is -2.32. The number of hydrogen-bond acceptors (Lipinski definition) is 3. The molecule has 0 spiro atoms. The Labute approximate surface area is 162 Å². The van der Waals surface area contributed by atoms with Gasteiger partial charge < -0.3 is 9.64 Å². The molecule has 3 rings (SSSR count). The van der Waals surface area contributed by atoms with E-state index in [1.807, 2.05) is 18.7 Å². The summed E-state index contributed by atoms with van der Waals surface area (Å²) in [6, 6.07) is 4.95. The maximum absolute atomic E-state index is 13.2. The maximum atomic E-state index is 13.2. The molecular weight excluding hydrogens is 371 g/mol. The zero-order valence-corrected chi connectivity index (χ0v) is 16.2. The smallest absolute Gasteiger partial charge is 0.416 e. The van der Waals surface area contributed by atoms with Crippen LogP contribution in [0.25, 0.3) is 5.69 Å². The van der Waals surface area contributed by atoms with Crippen molar-refractivity contribution in [2.24, 2.45) is 0 Å². The van der Waals surface area contributed by atoms with E-state index in [1.165, 1.54) is 30.1 Å². The standard InChI is InChI=1S/C20H24F3N3O2/c1-13(2)26(15-8-4-5-9-15)19(27)18-17(28-3)12-25(24-18)16-10-6-7-14(11-16)20(21,22)23/h6-7,10-13,15H,4-5,8-9H2,1-3H3. The van der Waals surface area contributed by atoms with Crippen LogP contribution in [0.5, 0.6) is 5.75 Å². The van der Waals surface area contributed by atoms with Gasteiger partial charge in [0, 0.05) is 12.1 Å². The number of methoxy groups -OCH3 is 1. The Bertz CT molecular complexity index is 839. The van der Waals surface area contributed by atoms with Crippen molar-refractivity contribution in [3.63, 3.8) is 0 Å². The Kier molecular flexibility index (Phi) is 5.67. The fraction of sp³-hybridized carbons (Fsp3) is 0.500. The van der Waals surface area contributed by atoms with Crippen LogP contribution in [-0.4, -0.2) is 39.8 Å².